The largest absolute Gasteiger partial charge is 0.313 e. The van der Waals surface area contributed by atoms with Gasteiger partial charge in [-0.25, -0.2) is 0 Å². The number of hydrogen-bond donors (Lipinski definition) is 2. The third-order valence-corrected chi connectivity index (χ3v) is 2.48. The standard InChI is InChI=1S/C14H25N3/c1-12-10-13(6-9-16-12)11-15-7-5-8-17-14(2,3)4/h6,9-10,15,17H,5,7-8,11H2,1-4H3. The van der Waals surface area contributed by atoms with E-state index in [2.05, 4.69) is 48.5 Å². The number of aryl methyl sites for hydroxylation is 1. The number of nitrogens with zero attached hydrogens (tertiary/aromatic N) is 1. The molecule has 3 heteroatoms. The van der Waals surface area contributed by atoms with Crippen molar-refractivity contribution in [2.24, 2.45) is 0 Å². The van der Waals surface area contributed by atoms with Crippen LogP contribution >= 0.6 is 0 Å². The molecule has 0 unspecified atom stereocenters. The molecule has 0 aliphatic rings. The number of pyridine rings is 1. The number of hydrogen-bond acceptors (Lipinski definition) is 3. The molecule has 2 N–H and O–H groups in total. The maximum atomic E-state index is 4.19. The summed E-state index contributed by atoms with van der Waals surface area (Å²) < 4.78 is 0. The zero-order chi connectivity index (χ0) is 12.7. The van der Waals surface area contributed by atoms with Crippen molar-refractivity contribution in [3.05, 3.63) is 29.6 Å². The third kappa shape index (κ3) is 7.08. The van der Waals surface area contributed by atoms with Gasteiger partial charge in [0.05, 0.1) is 0 Å². The molecule has 1 aromatic heterocycles. The molecule has 0 spiro atoms. The summed E-state index contributed by atoms with van der Waals surface area (Å²) in [5.41, 5.74) is 2.61. The van der Waals surface area contributed by atoms with Crippen LogP contribution in [-0.2, 0) is 6.54 Å². The van der Waals surface area contributed by atoms with Gasteiger partial charge in [0, 0.05) is 24.0 Å². The zero-order valence-electron chi connectivity index (χ0n) is 11.5. The van der Waals surface area contributed by atoms with Crippen LogP contribution in [0.2, 0.25) is 0 Å². The Balaban J connectivity index is 2.09. The second-order valence-electron chi connectivity index (χ2n) is 5.51. The topological polar surface area (TPSA) is 37.0 Å². The maximum Gasteiger partial charge on any atom is 0.0375 e. The van der Waals surface area contributed by atoms with Gasteiger partial charge in [-0.2, -0.15) is 0 Å². The fourth-order valence-corrected chi connectivity index (χ4v) is 1.62. The van der Waals surface area contributed by atoms with Crippen molar-refractivity contribution < 1.29 is 0 Å². The van der Waals surface area contributed by atoms with Crippen LogP contribution in [0.3, 0.4) is 0 Å². The molecule has 1 rings (SSSR count). The molecule has 0 aliphatic carbocycles. The van der Waals surface area contributed by atoms with E-state index in [0.717, 1.165) is 31.7 Å². The number of rotatable bonds is 6. The maximum absolute atomic E-state index is 4.19. The normalized spacial score (nSPS) is 11.8. The smallest absolute Gasteiger partial charge is 0.0375 e. The monoisotopic (exact) mass is 235 g/mol. The number of aromatic nitrogens is 1. The summed E-state index contributed by atoms with van der Waals surface area (Å²) in [6, 6.07) is 4.19. The summed E-state index contributed by atoms with van der Waals surface area (Å²) in [7, 11) is 0. The quantitative estimate of drug-likeness (QED) is 0.743. The summed E-state index contributed by atoms with van der Waals surface area (Å²) >= 11 is 0. The van der Waals surface area contributed by atoms with E-state index in [9.17, 15) is 0 Å². The van der Waals surface area contributed by atoms with E-state index < -0.39 is 0 Å². The fourth-order valence-electron chi connectivity index (χ4n) is 1.62. The van der Waals surface area contributed by atoms with E-state index >= 15 is 0 Å². The van der Waals surface area contributed by atoms with Gasteiger partial charge in [0.15, 0.2) is 0 Å². The molecule has 0 aromatic carbocycles. The van der Waals surface area contributed by atoms with E-state index in [-0.39, 0.29) is 5.54 Å². The molecule has 0 saturated heterocycles. The van der Waals surface area contributed by atoms with E-state index in [1.165, 1.54) is 5.56 Å². The van der Waals surface area contributed by atoms with Crippen LogP contribution in [0.25, 0.3) is 0 Å². The van der Waals surface area contributed by atoms with E-state index in [4.69, 9.17) is 0 Å². The van der Waals surface area contributed by atoms with Gasteiger partial charge in [0.1, 0.15) is 0 Å². The molecule has 17 heavy (non-hydrogen) atoms. The summed E-state index contributed by atoms with van der Waals surface area (Å²) in [6.07, 6.45) is 3.02. The fraction of sp³-hybridized carbons (Fsp3) is 0.643. The van der Waals surface area contributed by atoms with Crippen molar-refractivity contribution in [3.8, 4) is 0 Å². The zero-order valence-corrected chi connectivity index (χ0v) is 11.5. The van der Waals surface area contributed by atoms with Crippen LogP contribution in [0, 0.1) is 6.92 Å². The Bertz CT molecular complexity index is 328. The Kier molecular flexibility index (Phi) is 5.59. The molecule has 1 aromatic rings. The lowest BCUT2D eigenvalue weighted by Gasteiger charge is -2.20. The molecule has 0 saturated carbocycles. The van der Waals surface area contributed by atoms with Gasteiger partial charge < -0.3 is 10.6 Å². The first-order chi connectivity index (χ1) is 7.97. The van der Waals surface area contributed by atoms with Crippen molar-refractivity contribution in [3.63, 3.8) is 0 Å². The van der Waals surface area contributed by atoms with Crippen LogP contribution in [0.5, 0.6) is 0 Å². The molecular weight excluding hydrogens is 210 g/mol. The molecule has 0 fully saturated rings. The molecule has 0 bridgehead atoms. The van der Waals surface area contributed by atoms with E-state index in [1.807, 2.05) is 13.1 Å². The highest BCUT2D eigenvalue weighted by Crippen LogP contribution is 2.00. The highest BCUT2D eigenvalue weighted by Gasteiger charge is 2.06. The van der Waals surface area contributed by atoms with Crippen LogP contribution in [0.15, 0.2) is 18.3 Å². The predicted molar refractivity (Wildman–Crippen MR) is 73.1 cm³/mol. The molecule has 0 amide bonds. The minimum Gasteiger partial charge on any atom is -0.313 e. The van der Waals surface area contributed by atoms with Gasteiger partial charge in [-0.05, 0) is 64.9 Å². The highest BCUT2D eigenvalue weighted by molar-refractivity contribution is 5.14. The van der Waals surface area contributed by atoms with E-state index in [1.54, 1.807) is 0 Å². The molecule has 96 valence electrons. The second-order valence-corrected chi connectivity index (χ2v) is 5.51. The Morgan fingerprint density at radius 3 is 2.65 bits per heavy atom. The first-order valence-corrected chi connectivity index (χ1v) is 6.35. The molecule has 0 atom stereocenters. The first kappa shape index (κ1) is 14.1. The van der Waals surface area contributed by atoms with Gasteiger partial charge in [-0.15, -0.1) is 0 Å². The lowest BCUT2D eigenvalue weighted by molar-refractivity contribution is 0.418. The Morgan fingerprint density at radius 1 is 1.24 bits per heavy atom. The summed E-state index contributed by atoms with van der Waals surface area (Å²) in [4.78, 5) is 4.19. The van der Waals surface area contributed by atoms with Crippen molar-refractivity contribution in [1.82, 2.24) is 15.6 Å². The average molecular weight is 235 g/mol. The highest BCUT2D eigenvalue weighted by atomic mass is 14.9. The lowest BCUT2D eigenvalue weighted by Crippen LogP contribution is -2.37. The molecule has 3 nitrogen and oxygen atoms in total. The second kappa shape index (κ2) is 6.72. The Morgan fingerprint density at radius 2 is 2.00 bits per heavy atom. The SMILES string of the molecule is Cc1cc(CNCCCNC(C)(C)C)ccn1. The predicted octanol–water partition coefficient (Wildman–Crippen LogP) is 2.26. The molecule has 1 heterocycles. The van der Waals surface area contributed by atoms with Gasteiger partial charge >= 0.3 is 0 Å². The van der Waals surface area contributed by atoms with Gasteiger partial charge in [-0.1, -0.05) is 0 Å². The van der Waals surface area contributed by atoms with Crippen molar-refractivity contribution in [2.45, 2.75) is 46.2 Å². The Hall–Kier alpha value is -0.930. The molecule has 0 aliphatic heterocycles. The first-order valence-electron chi connectivity index (χ1n) is 6.35. The summed E-state index contributed by atoms with van der Waals surface area (Å²) in [5.74, 6) is 0. The Labute approximate surface area is 105 Å². The van der Waals surface area contributed by atoms with Crippen molar-refractivity contribution in [1.29, 1.82) is 0 Å². The molecule has 0 radical (unpaired) electrons. The lowest BCUT2D eigenvalue weighted by atomic mass is 10.1. The average Bonchev–Trinajstić information content (AvgIpc) is 2.22. The summed E-state index contributed by atoms with van der Waals surface area (Å²) in [5, 5.41) is 6.93. The third-order valence-electron chi connectivity index (χ3n) is 2.48. The minimum absolute atomic E-state index is 0.224. The van der Waals surface area contributed by atoms with Crippen LogP contribution < -0.4 is 10.6 Å². The van der Waals surface area contributed by atoms with Crippen molar-refractivity contribution in [2.75, 3.05) is 13.1 Å². The van der Waals surface area contributed by atoms with Crippen LogP contribution in [-0.4, -0.2) is 23.6 Å². The van der Waals surface area contributed by atoms with Gasteiger partial charge in [0.2, 0.25) is 0 Å². The number of nitrogens with one attached hydrogen (secondary N) is 2. The van der Waals surface area contributed by atoms with Crippen LogP contribution in [0.1, 0.15) is 38.4 Å². The van der Waals surface area contributed by atoms with Gasteiger partial charge in [-0.3, -0.25) is 4.98 Å². The van der Waals surface area contributed by atoms with Gasteiger partial charge in [0.25, 0.3) is 0 Å². The minimum atomic E-state index is 0.224. The molecular formula is C14H25N3. The van der Waals surface area contributed by atoms with Crippen LogP contribution in [0.4, 0.5) is 0 Å². The summed E-state index contributed by atoms with van der Waals surface area (Å²) in [6.45, 7) is 11.6. The van der Waals surface area contributed by atoms with E-state index in [0.29, 0.717) is 0 Å². The van der Waals surface area contributed by atoms with Crippen molar-refractivity contribution >= 4 is 0 Å².